The van der Waals surface area contributed by atoms with Crippen LogP contribution in [0.4, 0.5) is 5.69 Å². The Hall–Kier alpha value is -2.01. The molecule has 3 aliphatic rings. The number of anilines is 1. The smallest absolute Gasteiger partial charge is 0.161 e. The summed E-state index contributed by atoms with van der Waals surface area (Å²) in [6, 6.07) is 5.43. The number of likely N-dealkylation sites (tertiary alicyclic amines) is 1. The van der Waals surface area contributed by atoms with E-state index in [0.717, 1.165) is 47.3 Å². The zero-order valence-electron chi connectivity index (χ0n) is 19.5. The molecule has 1 aromatic carbocycles. The molecule has 1 saturated heterocycles. The van der Waals surface area contributed by atoms with E-state index in [9.17, 15) is 5.11 Å². The van der Waals surface area contributed by atoms with E-state index in [4.69, 9.17) is 4.74 Å². The number of fused-ring (bicyclic) bond motifs is 3. The summed E-state index contributed by atoms with van der Waals surface area (Å²) in [7, 11) is 0. The molecule has 0 unspecified atom stereocenters. The number of ether oxygens (including phenoxy) is 1. The maximum atomic E-state index is 10.0. The number of aromatic nitrogens is 1. The molecule has 1 saturated carbocycles. The first-order valence-corrected chi connectivity index (χ1v) is 13.0. The summed E-state index contributed by atoms with van der Waals surface area (Å²) in [5, 5.41) is 11.0. The number of aromatic hydroxyl groups is 1. The van der Waals surface area contributed by atoms with Crippen LogP contribution in [0.15, 0.2) is 24.4 Å². The lowest BCUT2D eigenvalue weighted by atomic mass is 9.92. The van der Waals surface area contributed by atoms with Crippen molar-refractivity contribution >= 4 is 16.6 Å². The Bertz CT molecular complexity index is 886. The molecule has 5 rings (SSSR count). The Morgan fingerprint density at radius 3 is 2.47 bits per heavy atom. The highest BCUT2D eigenvalue weighted by atomic mass is 16.5. The number of phenols is 1. The van der Waals surface area contributed by atoms with E-state index in [2.05, 4.69) is 14.8 Å². The van der Waals surface area contributed by atoms with Gasteiger partial charge in [0.05, 0.1) is 23.9 Å². The summed E-state index contributed by atoms with van der Waals surface area (Å²) in [6.45, 7) is 6.53. The predicted octanol–water partition coefficient (Wildman–Crippen LogP) is 5.60. The Labute approximate surface area is 192 Å². The fourth-order valence-electron chi connectivity index (χ4n) is 6.04. The first-order valence-electron chi connectivity index (χ1n) is 13.0. The summed E-state index contributed by atoms with van der Waals surface area (Å²) in [4.78, 5) is 9.70. The van der Waals surface area contributed by atoms with Crippen molar-refractivity contribution in [1.82, 2.24) is 9.88 Å². The second kappa shape index (κ2) is 10.3. The van der Waals surface area contributed by atoms with E-state index in [1.165, 1.54) is 83.8 Å². The SMILES string of the molecule is Oc1ccc2ncc3c(c2c1)N(CCC1CCN(CCC2CCCCCC2)CC1)CCO3. The van der Waals surface area contributed by atoms with Crippen molar-refractivity contribution < 1.29 is 9.84 Å². The highest BCUT2D eigenvalue weighted by molar-refractivity contribution is 5.96. The number of hydrogen-bond acceptors (Lipinski definition) is 5. The Kier molecular flexibility index (Phi) is 7.01. The molecular weight excluding hydrogens is 398 g/mol. The van der Waals surface area contributed by atoms with Gasteiger partial charge in [0, 0.05) is 11.9 Å². The number of phenolic OH excluding ortho intramolecular Hbond substituents is 1. The molecule has 5 nitrogen and oxygen atoms in total. The van der Waals surface area contributed by atoms with E-state index in [1.54, 1.807) is 6.07 Å². The van der Waals surface area contributed by atoms with Gasteiger partial charge in [-0.05, 0) is 75.4 Å². The van der Waals surface area contributed by atoms with Gasteiger partial charge in [-0.3, -0.25) is 4.98 Å². The highest BCUT2D eigenvalue weighted by Crippen LogP contribution is 2.39. The molecule has 1 aliphatic carbocycles. The summed E-state index contributed by atoms with van der Waals surface area (Å²) in [5.41, 5.74) is 2.03. The van der Waals surface area contributed by atoms with Gasteiger partial charge in [0.25, 0.3) is 0 Å². The van der Waals surface area contributed by atoms with Gasteiger partial charge in [0.15, 0.2) is 5.75 Å². The van der Waals surface area contributed by atoms with Crippen molar-refractivity contribution in [3.05, 3.63) is 24.4 Å². The molecule has 5 heteroatoms. The first kappa shape index (κ1) is 21.8. The molecule has 1 N–H and O–H groups in total. The molecule has 0 bridgehead atoms. The Morgan fingerprint density at radius 2 is 1.66 bits per heavy atom. The van der Waals surface area contributed by atoms with Gasteiger partial charge >= 0.3 is 0 Å². The van der Waals surface area contributed by atoms with Crippen LogP contribution in [0.5, 0.6) is 11.5 Å². The molecule has 2 aromatic rings. The van der Waals surface area contributed by atoms with Crippen LogP contribution >= 0.6 is 0 Å². The lowest BCUT2D eigenvalue weighted by molar-refractivity contribution is 0.167. The maximum absolute atomic E-state index is 10.0. The number of rotatable bonds is 6. The molecule has 174 valence electrons. The molecule has 0 spiro atoms. The van der Waals surface area contributed by atoms with Crippen LogP contribution in [-0.4, -0.2) is 54.3 Å². The van der Waals surface area contributed by atoms with Gasteiger partial charge in [-0.25, -0.2) is 0 Å². The minimum atomic E-state index is 0.287. The van der Waals surface area contributed by atoms with E-state index in [-0.39, 0.29) is 5.75 Å². The predicted molar refractivity (Wildman–Crippen MR) is 131 cm³/mol. The van der Waals surface area contributed by atoms with E-state index in [1.807, 2.05) is 18.3 Å². The summed E-state index contributed by atoms with van der Waals surface area (Å²) in [5.74, 6) is 2.94. The lowest BCUT2D eigenvalue weighted by Gasteiger charge is -2.36. The summed E-state index contributed by atoms with van der Waals surface area (Å²) >= 11 is 0. The topological polar surface area (TPSA) is 48.8 Å². The molecule has 0 radical (unpaired) electrons. The Morgan fingerprint density at radius 1 is 0.906 bits per heavy atom. The molecule has 0 amide bonds. The minimum Gasteiger partial charge on any atom is -0.508 e. The third-order valence-corrected chi connectivity index (χ3v) is 8.07. The largest absolute Gasteiger partial charge is 0.508 e. The van der Waals surface area contributed by atoms with Gasteiger partial charge in [-0.15, -0.1) is 0 Å². The van der Waals surface area contributed by atoms with Crippen LogP contribution < -0.4 is 9.64 Å². The van der Waals surface area contributed by atoms with E-state index >= 15 is 0 Å². The van der Waals surface area contributed by atoms with Crippen molar-refractivity contribution in [2.75, 3.05) is 44.2 Å². The number of pyridine rings is 1. The van der Waals surface area contributed by atoms with E-state index in [0.29, 0.717) is 6.61 Å². The third-order valence-electron chi connectivity index (χ3n) is 8.07. The lowest BCUT2D eigenvalue weighted by Crippen LogP contribution is -2.38. The van der Waals surface area contributed by atoms with Crippen LogP contribution in [0.2, 0.25) is 0 Å². The highest BCUT2D eigenvalue weighted by Gasteiger charge is 2.25. The normalized spacial score (nSPS) is 21.3. The van der Waals surface area contributed by atoms with Crippen molar-refractivity contribution in [3.8, 4) is 11.5 Å². The van der Waals surface area contributed by atoms with Gasteiger partial charge in [0.1, 0.15) is 12.4 Å². The molecule has 1 aromatic heterocycles. The number of piperidine rings is 1. The number of nitrogens with zero attached hydrogens (tertiary/aromatic N) is 3. The Balaban J connectivity index is 1.13. The summed E-state index contributed by atoms with van der Waals surface area (Å²) in [6.07, 6.45) is 15.9. The van der Waals surface area contributed by atoms with Crippen LogP contribution in [0.1, 0.15) is 64.2 Å². The molecular formula is C27H39N3O2. The zero-order chi connectivity index (χ0) is 21.8. The van der Waals surface area contributed by atoms with Crippen molar-refractivity contribution in [2.45, 2.75) is 64.2 Å². The zero-order valence-corrected chi connectivity index (χ0v) is 19.5. The number of hydrogen-bond donors (Lipinski definition) is 1. The molecule has 32 heavy (non-hydrogen) atoms. The average Bonchev–Trinajstić information content (AvgIpc) is 3.11. The monoisotopic (exact) mass is 437 g/mol. The molecule has 2 aliphatic heterocycles. The van der Waals surface area contributed by atoms with Crippen LogP contribution in [-0.2, 0) is 0 Å². The third kappa shape index (κ3) is 5.14. The second-order valence-corrected chi connectivity index (χ2v) is 10.2. The fourth-order valence-corrected chi connectivity index (χ4v) is 6.04. The summed E-state index contributed by atoms with van der Waals surface area (Å²) < 4.78 is 5.90. The van der Waals surface area contributed by atoms with Crippen LogP contribution in [0.3, 0.4) is 0 Å². The molecule has 0 atom stereocenters. The van der Waals surface area contributed by atoms with Gasteiger partial charge in [0.2, 0.25) is 0 Å². The average molecular weight is 438 g/mol. The van der Waals surface area contributed by atoms with E-state index < -0.39 is 0 Å². The number of benzene rings is 1. The van der Waals surface area contributed by atoms with Crippen LogP contribution in [0, 0.1) is 11.8 Å². The van der Waals surface area contributed by atoms with Crippen molar-refractivity contribution in [2.24, 2.45) is 11.8 Å². The second-order valence-electron chi connectivity index (χ2n) is 10.2. The molecule has 2 fully saturated rings. The van der Waals surface area contributed by atoms with Gasteiger partial charge in [-0.2, -0.15) is 0 Å². The first-order chi connectivity index (χ1) is 15.8. The van der Waals surface area contributed by atoms with Gasteiger partial charge in [-0.1, -0.05) is 38.5 Å². The fraction of sp³-hybridized carbons (Fsp3) is 0.667. The quantitative estimate of drug-likeness (QED) is 0.596. The maximum Gasteiger partial charge on any atom is 0.161 e. The van der Waals surface area contributed by atoms with Crippen molar-refractivity contribution in [3.63, 3.8) is 0 Å². The van der Waals surface area contributed by atoms with Crippen molar-refractivity contribution in [1.29, 1.82) is 0 Å². The standard InChI is InChI=1S/C27H39N3O2/c31-23-7-8-25-24(19-23)27-26(20-28-25)32-18-17-30(27)16-12-22-10-14-29(15-11-22)13-9-21-5-3-1-2-4-6-21/h7-8,19-22,31H,1-6,9-18H2. The van der Waals surface area contributed by atoms with Gasteiger partial charge < -0.3 is 19.6 Å². The van der Waals surface area contributed by atoms with Crippen LogP contribution in [0.25, 0.3) is 10.9 Å². The minimum absolute atomic E-state index is 0.287. The molecule has 3 heterocycles.